The summed E-state index contributed by atoms with van der Waals surface area (Å²) in [4.78, 5) is 0. The monoisotopic (exact) mass is 285 g/mol. The van der Waals surface area contributed by atoms with Gasteiger partial charge in [-0.05, 0) is 36.6 Å². The highest BCUT2D eigenvalue weighted by atomic mass is 19.1. The quantitative estimate of drug-likeness (QED) is 0.826. The van der Waals surface area contributed by atoms with Gasteiger partial charge < -0.3 is 5.32 Å². The fraction of sp³-hybridized carbons (Fsp3) is 0.368. The van der Waals surface area contributed by atoms with E-state index in [0.29, 0.717) is 12.0 Å². The molecule has 2 aromatic rings. The van der Waals surface area contributed by atoms with Crippen LogP contribution < -0.4 is 5.32 Å². The molecule has 1 atom stereocenters. The minimum atomic E-state index is -0.160. The Hall–Kier alpha value is -1.67. The summed E-state index contributed by atoms with van der Waals surface area (Å²) in [5.41, 5.74) is 3.62. The van der Waals surface area contributed by atoms with Gasteiger partial charge in [-0.25, -0.2) is 4.39 Å². The third-order valence-electron chi connectivity index (χ3n) is 3.69. The summed E-state index contributed by atoms with van der Waals surface area (Å²) >= 11 is 0. The van der Waals surface area contributed by atoms with Gasteiger partial charge >= 0.3 is 0 Å². The van der Waals surface area contributed by atoms with Gasteiger partial charge in [0.1, 0.15) is 5.82 Å². The van der Waals surface area contributed by atoms with Gasteiger partial charge in [0, 0.05) is 18.5 Å². The largest absolute Gasteiger partial charge is 0.314 e. The Morgan fingerprint density at radius 2 is 1.76 bits per heavy atom. The molecule has 0 fully saturated rings. The minimum absolute atomic E-state index is 0.160. The fourth-order valence-corrected chi connectivity index (χ4v) is 2.47. The lowest BCUT2D eigenvalue weighted by Crippen LogP contribution is -2.29. The van der Waals surface area contributed by atoms with E-state index in [1.54, 1.807) is 12.1 Å². The van der Waals surface area contributed by atoms with Crippen LogP contribution in [-0.4, -0.2) is 12.6 Å². The molecule has 1 nitrogen and oxygen atoms in total. The summed E-state index contributed by atoms with van der Waals surface area (Å²) in [7, 11) is 0. The Balaban J connectivity index is 2.17. The van der Waals surface area contributed by atoms with Crippen molar-refractivity contribution >= 4 is 0 Å². The van der Waals surface area contributed by atoms with Crippen LogP contribution in [0.25, 0.3) is 0 Å². The molecule has 21 heavy (non-hydrogen) atoms. The second-order valence-electron chi connectivity index (χ2n) is 6.00. The van der Waals surface area contributed by atoms with Gasteiger partial charge in [-0.15, -0.1) is 0 Å². The number of halogens is 1. The van der Waals surface area contributed by atoms with Gasteiger partial charge in [-0.2, -0.15) is 0 Å². The van der Waals surface area contributed by atoms with Crippen molar-refractivity contribution in [2.75, 3.05) is 6.54 Å². The van der Waals surface area contributed by atoms with Gasteiger partial charge in [0.05, 0.1) is 0 Å². The molecule has 2 heteroatoms. The van der Waals surface area contributed by atoms with E-state index in [1.165, 1.54) is 17.2 Å². The lowest BCUT2D eigenvalue weighted by atomic mass is 9.91. The molecule has 0 aliphatic heterocycles. The van der Waals surface area contributed by atoms with Gasteiger partial charge in [-0.3, -0.25) is 0 Å². The van der Waals surface area contributed by atoms with Crippen LogP contribution in [0.4, 0.5) is 4.39 Å². The Bertz CT molecular complexity index is 560. The molecule has 0 saturated heterocycles. The maximum Gasteiger partial charge on any atom is 0.123 e. The molecule has 0 saturated carbocycles. The molecule has 0 aromatic heterocycles. The summed E-state index contributed by atoms with van der Waals surface area (Å²) in [6, 6.07) is 16.0. The number of aryl methyl sites for hydroxylation is 1. The maximum atomic E-state index is 13.4. The van der Waals surface area contributed by atoms with Crippen LogP contribution in [0.1, 0.15) is 36.5 Å². The third kappa shape index (κ3) is 4.98. The van der Waals surface area contributed by atoms with E-state index >= 15 is 0 Å². The molecule has 0 bridgehead atoms. The van der Waals surface area contributed by atoms with Crippen molar-refractivity contribution in [2.24, 2.45) is 0 Å². The van der Waals surface area contributed by atoms with Crippen molar-refractivity contribution in [1.82, 2.24) is 5.32 Å². The SMILES string of the molecule is Cc1ccc(C(CNC(C)C)Cc2cccc(F)c2)cc1. The lowest BCUT2D eigenvalue weighted by Gasteiger charge is -2.20. The molecule has 2 aromatic carbocycles. The molecule has 1 N–H and O–H groups in total. The molecule has 0 radical (unpaired) electrons. The van der Waals surface area contributed by atoms with E-state index in [1.807, 2.05) is 6.07 Å². The summed E-state index contributed by atoms with van der Waals surface area (Å²) < 4.78 is 13.4. The number of hydrogen-bond acceptors (Lipinski definition) is 1. The molecule has 112 valence electrons. The first-order valence-corrected chi connectivity index (χ1v) is 7.59. The van der Waals surface area contributed by atoms with E-state index in [-0.39, 0.29) is 5.82 Å². The predicted molar refractivity (Wildman–Crippen MR) is 87.2 cm³/mol. The highest BCUT2D eigenvalue weighted by Crippen LogP contribution is 2.21. The van der Waals surface area contributed by atoms with Crippen molar-refractivity contribution in [3.8, 4) is 0 Å². The molecule has 2 rings (SSSR count). The first-order valence-electron chi connectivity index (χ1n) is 7.59. The van der Waals surface area contributed by atoms with Crippen molar-refractivity contribution in [3.05, 3.63) is 71.0 Å². The third-order valence-corrected chi connectivity index (χ3v) is 3.69. The number of rotatable bonds is 6. The second kappa shape index (κ2) is 7.37. The summed E-state index contributed by atoms with van der Waals surface area (Å²) in [5.74, 6) is 0.196. The van der Waals surface area contributed by atoms with Gasteiger partial charge in [0.2, 0.25) is 0 Å². The molecule has 0 aliphatic carbocycles. The van der Waals surface area contributed by atoms with E-state index in [4.69, 9.17) is 0 Å². The average Bonchev–Trinajstić information content (AvgIpc) is 2.44. The van der Waals surface area contributed by atoms with Gasteiger partial charge in [-0.1, -0.05) is 55.8 Å². The van der Waals surface area contributed by atoms with Crippen LogP contribution in [0.3, 0.4) is 0 Å². The van der Waals surface area contributed by atoms with Crippen LogP contribution in [0.2, 0.25) is 0 Å². The van der Waals surface area contributed by atoms with Crippen molar-refractivity contribution < 1.29 is 4.39 Å². The zero-order valence-electron chi connectivity index (χ0n) is 13.1. The van der Waals surface area contributed by atoms with E-state index in [0.717, 1.165) is 18.5 Å². The Morgan fingerprint density at radius 1 is 1.05 bits per heavy atom. The normalized spacial score (nSPS) is 12.6. The highest BCUT2D eigenvalue weighted by molar-refractivity contribution is 5.27. The molecule has 0 heterocycles. The lowest BCUT2D eigenvalue weighted by molar-refractivity contribution is 0.525. The summed E-state index contributed by atoms with van der Waals surface area (Å²) in [6.45, 7) is 7.29. The van der Waals surface area contributed by atoms with Crippen LogP contribution >= 0.6 is 0 Å². The summed E-state index contributed by atoms with van der Waals surface area (Å²) in [5, 5.41) is 3.50. The van der Waals surface area contributed by atoms with Crippen LogP contribution in [0.5, 0.6) is 0 Å². The van der Waals surface area contributed by atoms with Crippen molar-refractivity contribution in [1.29, 1.82) is 0 Å². The van der Waals surface area contributed by atoms with Crippen molar-refractivity contribution in [3.63, 3.8) is 0 Å². The standard InChI is InChI=1S/C19H24FN/c1-14(2)21-13-18(17-9-7-15(3)8-10-17)11-16-5-4-6-19(20)12-16/h4-10,12,14,18,21H,11,13H2,1-3H3. The molecule has 0 spiro atoms. The van der Waals surface area contributed by atoms with Crippen LogP contribution in [0, 0.1) is 12.7 Å². The highest BCUT2D eigenvalue weighted by Gasteiger charge is 2.13. The first-order chi connectivity index (χ1) is 10.0. The number of benzene rings is 2. The Morgan fingerprint density at radius 3 is 2.38 bits per heavy atom. The van der Waals surface area contributed by atoms with E-state index in [9.17, 15) is 4.39 Å². The Labute approximate surface area is 127 Å². The van der Waals surface area contributed by atoms with Gasteiger partial charge in [0.15, 0.2) is 0 Å². The molecule has 0 aliphatic rings. The smallest absolute Gasteiger partial charge is 0.123 e. The zero-order valence-corrected chi connectivity index (χ0v) is 13.1. The number of nitrogens with one attached hydrogen (secondary N) is 1. The van der Waals surface area contributed by atoms with Crippen LogP contribution in [0.15, 0.2) is 48.5 Å². The molecular formula is C19H24FN. The first kappa shape index (κ1) is 15.7. The topological polar surface area (TPSA) is 12.0 Å². The summed E-state index contributed by atoms with van der Waals surface area (Å²) in [6.07, 6.45) is 0.848. The zero-order chi connectivity index (χ0) is 15.2. The van der Waals surface area contributed by atoms with Crippen LogP contribution in [-0.2, 0) is 6.42 Å². The predicted octanol–water partition coefficient (Wildman–Crippen LogP) is 4.46. The fourth-order valence-electron chi connectivity index (χ4n) is 2.47. The second-order valence-corrected chi connectivity index (χ2v) is 6.00. The van der Waals surface area contributed by atoms with E-state index in [2.05, 4.69) is 50.4 Å². The Kier molecular flexibility index (Phi) is 5.51. The molecule has 0 amide bonds. The minimum Gasteiger partial charge on any atom is -0.314 e. The average molecular weight is 285 g/mol. The maximum absolute atomic E-state index is 13.4. The molecular weight excluding hydrogens is 261 g/mol. The molecule has 1 unspecified atom stereocenters. The van der Waals surface area contributed by atoms with Crippen molar-refractivity contribution in [2.45, 2.75) is 39.2 Å². The number of hydrogen-bond donors (Lipinski definition) is 1. The van der Waals surface area contributed by atoms with Gasteiger partial charge in [0.25, 0.3) is 0 Å². The van der Waals surface area contributed by atoms with E-state index < -0.39 is 0 Å².